The molecule has 0 saturated heterocycles. The van der Waals surface area contributed by atoms with Gasteiger partial charge in [0.05, 0.1) is 11.6 Å². The molecule has 1 atom stereocenters. The highest BCUT2D eigenvalue weighted by atomic mass is 16.6. The normalized spacial score (nSPS) is 21.8. The Bertz CT molecular complexity index is 477. The lowest BCUT2D eigenvalue weighted by molar-refractivity contribution is -0.0831. The second-order valence-electron chi connectivity index (χ2n) is 5.94. The first-order chi connectivity index (χ1) is 10.2. The molecule has 0 bridgehead atoms. The zero-order valence-electron chi connectivity index (χ0n) is 12.8. The first kappa shape index (κ1) is 14.7. The summed E-state index contributed by atoms with van der Waals surface area (Å²) < 4.78 is 17.4. The van der Waals surface area contributed by atoms with Gasteiger partial charge < -0.3 is 19.9 Å². The number of ether oxygens (including phenoxy) is 3. The van der Waals surface area contributed by atoms with Gasteiger partial charge in [0.1, 0.15) is 13.2 Å². The second-order valence-corrected chi connectivity index (χ2v) is 5.94. The van der Waals surface area contributed by atoms with Crippen LogP contribution in [0.1, 0.15) is 50.6 Å². The van der Waals surface area contributed by atoms with Gasteiger partial charge in [-0.05, 0) is 37.5 Å². The molecule has 3 rings (SSSR count). The van der Waals surface area contributed by atoms with Gasteiger partial charge in [-0.15, -0.1) is 0 Å². The first-order valence-corrected chi connectivity index (χ1v) is 8.04. The number of fused-ring (bicyclic) bond motifs is 1. The van der Waals surface area contributed by atoms with Crippen LogP contribution in [0.2, 0.25) is 0 Å². The van der Waals surface area contributed by atoms with Crippen molar-refractivity contribution in [2.45, 2.75) is 50.7 Å². The maximum atomic E-state index is 6.60. The van der Waals surface area contributed by atoms with Gasteiger partial charge in [0.15, 0.2) is 11.5 Å². The highest BCUT2D eigenvalue weighted by molar-refractivity contribution is 5.45. The minimum Gasteiger partial charge on any atom is -0.486 e. The third-order valence-electron chi connectivity index (χ3n) is 4.62. The lowest BCUT2D eigenvalue weighted by atomic mass is 9.77. The largest absolute Gasteiger partial charge is 0.486 e. The Morgan fingerprint density at radius 2 is 1.86 bits per heavy atom. The van der Waals surface area contributed by atoms with Crippen LogP contribution in [-0.4, -0.2) is 25.4 Å². The number of hydrogen-bond acceptors (Lipinski definition) is 4. The SMILES string of the molecule is CCOC1(C(N)c2ccc3c(c2)OCCO3)CCCCC1. The van der Waals surface area contributed by atoms with Gasteiger partial charge in [-0.1, -0.05) is 25.3 Å². The van der Waals surface area contributed by atoms with E-state index >= 15 is 0 Å². The average Bonchev–Trinajstić information content (AvgIpc) is 2.55. The average molecular weight is 291 g/mol. The summed E-state index contributed by atoms with van der Waals surface area (Å²) in [6, 6.07) is 5.92. The summed E-state index contributed by atoms with van der Waals surface area (Å²) in [5, 5.41) is 0. The molecule has 0 amide bonds. The highest BCUT2D eigenvalue weighted by Crippen LogP contribution is 2.42. The van der Waals surface area contributed by atoms with Crippen molar-refractivity contribution in [2.75, 3.05) is 19.8 Å². The second kappa shape index (κ2) is 6.24. The maximum Gasteiger partial charge on any atom is 0.161 e. The van der Waals surface area contributed by atoms with Gasteiger partial charge in [0.25, 0.3) is 0 Å². The standard InChI is InChI=1S/C17H25NO3/c1-2-21-17(8-4-3-5-9-17)16(18)13-6-7-14-15(12-13)20-11-10-19-14/h6-7,12,16H,2-5,8-11,18H2,1H3. The molecule has 0 spiro atoms. The van der Waals surface area contributed by atoms with Crippen LogP contribution in [0.5, 0.6) is 11.5 Å². The van der Waals surface area contributed by atoms with E-state index in [0.717, 1.165) is 29.9 Å². The summed E-state index contributed by atoms with van der Waals surface area (Å²) in [4.78, 5) is 0. The predicted molar refractivity (Wildman–Crippen MR) is 81.8 cm³/mol. The highest BCUT2D eigenvalue weighted by Gasteiger charge is 2.39. The van der Waals surface area contributed by atoms with Crippen LogP contribution in [0.4, 0.5) is 0 Å². The van der Waals surface area contributed by atoms with E-state index in [4.69, 9.17) is 19.9 Å². The predicted octanol–water partition coefficient (Wildman–Crippen LogP) is 3.20. The van der Waals surface area contributed by atoms with Crippen molar-refractivity contribution in [2.24, 2.45) is 5.73 Å². The van der Waals surface area contributed by atoms with E-state index in [0.29, 0.717) is 19.8 Å². The summed E-state index contributed by atoms with van der Waals surface area (Å²) >= 11 is 0. The van der Waals surface area contributed by atoms with Crippen molar-refractivity contribution < 1.29 is 14.2 Å². The number of benzene rings is 1. The molecule has 1 fully saturated rings. The molecule has 1 aliphatic heterocycles. The molecule has 1 unspecified atom stereocenters. The summed E-state index contributed by atoms with van der Waals surface area (Å²) in [5.41, 5.74) is 7.46. The number of hydrogen-bond donors (Lipinski definition) is 1. The molecule has 1 saturated carbocycles. The third-order valence-corrected chi connectivity index (χ3v) is 4.62. The van der Waals surface area contributed by atoms with Crippen LogP contribution in [0, 0.1) is 0 Å². The molecular weight excluding hydrogens is 266 g/mol. The smallest absolute Gasteiger partial charge is 0.161 e. The fourth-order valence-corrected chi connectivity index (χ4v) is 3.54. The van der Waals surface area contributed by atoms with E-state index in [9.17, 15) is 0 Å². The molecule has 1 heterocycles. The van der Waals surface area contributed by atoms with E-state index in [1.165, 1.54) is 19.3 Å². The van der Waals surface area contributed by atoms with Crippen molar-refractivity contribution in [1.82, 2.24) is 0 Å². The van der Waals surface area contributed by atoms with E-state index < -0.39 is 0 Å². The monoisotopic (exact) mass is 291 g/mol. The Hall–Kier alpha value is -1.26. The van der Waals surface area contributed by atoms with Crippen molar-refractivity contribution in [3.63, 3.8) is 0 Å². The van der Waals surface area contributed by atoms with Crippen LogP contribution < -0.4 is 15.2 Å². The minimum absolute atomic E-state index is 0.117. The molecule has 1 aliphatic carbocycles. The Labute approximate surface area is 126 Å². The van der Waals surface area contributed by atoms with E-state index in [1.54, 1.807) is 0 Å². The Balaban J connectivity index is 1.86. The molecule has 2 aliphatic rings. The summed E-state index contributed by atoms with van der Waals surface area (Å²) in [5.74, 6) is 1.61. The molecule has 2 N–H and O–H groups in total. The Morgan fingerprint density at radius 1 is 1.14 bits per heavy atom. The van der Waals surface area contributed by atoms with E-state index in [1.807, 2.05) is 25.1 Å². The lowest BCUT2D eigenvalue weighted by Crippen LogP contribution is -2.45. The van der Waals surface area contributed by atoms with Gasteiger partial charge >= 0.3 is 0 Å². The van der Waals surface area contributed by atoms with E-state index in [2.05, 4.69) is 0 Å². The molecule has 1 aromatic rings. The topological polar surface area (TPSA) is 53.7 Å². The van der Waals surface area contributed by atoms with Gasteiger partial charge in [-0.2, -0.15) is 0 Å². The lowest BCUT2D eigenvalue weighted by Gasteiger charge is -2.42. The fourth-order valence-electron chi connectivity index (χ4n) is 3.54. The first-order valence-electron chi connectivity index (χ1n) is 8.04. The number of nitrogens with two attached hydrogens (primary N) is 1. The van der Waals surface area contributed by atoms with Gasteiger partial charge in [-0.3, -0.25) is 0 Å². The molecule has 0 radical (unpaired) electrons. The molecule has 4 heteroatoms. The fraction of sp³-hybridized carbons (Fsp3) is 0.647. The summed E-state index contributed by atoms with van der Waals surface area (Å²) in [6.07, 6.45) is 5.74. The van der Waals surface area contributed by atoms with Gasteiger partial charge in [0.2, 0.25) is 0 Å². The number of rotatable bonds is 4. The summed E-state index contributed by atoms with van der Waals surface area (Å²) in [6.45, 7) is 3.97. The van der Waals surface area contributed by atoms with E-state index in [-0.39, 0.29) is 11.6 Å². The minimum atomic E-state index is -0.225. The van der Waals surface area contributed by atoms with Crippen LogP contribution in [-0.2, 0) is 4.74 Å². The third kappa shape index (κ3) is 2.87. The summed E-state index contributed by atoms with van der Waals surface area (Å²) in [7, 11) is 0. The zero-order valence-corrected chi connectivity index (χ0v) is 12.8. The zero-order chi connectivity index (χ0) is 14.7. The van der Waals surface area contributed by atoms with Crippen LogP contribution in [0.3, 0.4) is 0 Å². The molecular formula is C17H25NO3. The van der Waals surface area contributed by atoms with Crippen LogP contribution in [0.25, 0.3) is 0 Å². The van der Waals surface area contributed by atoms with Crippen LogP contribution >= 0.6 is 0 Å². The molecule has 21 heavy (non-hydrogen) atoms. The quantitative estimate of drug-likeness (QED) is 0.925. The molecule has 0 aromatic heterocycles. The van der Waals surface area contributed by atoms with Crippen molar-refractivity contribution >= 4 is 0 Å². The van der Waals surface area contributed by atoms with Crippen molar-refractivity contribution in [3.8, 4) is 11.5 Å². The Kier molecular flexibility index (Phi) is 4.36. The Morgan fingerprint density at radius 3 is 2.57 bits per heavy atom. The maximum absolute atomic E-state index is 6.60. The van der Waals surface area contributed by atoms with Gasteiger partial charge in [-0.25, -0.2) is 0 Å². The molecule has 1 aromatic carbocycles. The van der Waals surface area contributed by atoms with Crippen LogP contribution in [0.15, 0.2) is 18.2 Å². The molecule has 4 nitrogen and oxygen atoms in total. The molecule has 116 valence electrons. The van der Waals surface area contributed by atoms with Crippen molar-refractivity contribution in [1.29, 1.82) is 0 Å². The van der Waals surface area contributed by atoms with Gasteiger partial charge in [0, 0.05) is 6.61 Å². The van der Waals surface area contributed by atoms with Crippen molar-refractivity contribution in [3.05, 3.63) is 23.8 Å².